The number of anilines is 3. The standard InChI is InChI=1S/C22H23N3O3/c1-14-7-15(2)9-17(8-14)24-18-10-16(12-23-13-18)22(26)25-20-6-5-19(27-3)11-21(20)28-4/h5-13,24H,1-4H3,(H,25,26). The highest BCUT2D eigenvalue weighted by molar-refractivity contribution is 6.05. The fourth-order valence-corrected chi connectivity index (χ4v) is 2.94. The molecule has 0 aliphatic carbocycles. The largest absolute Gasteiger partial charge is 0.497 e. The van der Waals surface area contributed by atoms with E-state index in [1.807, 2.05) is 26.0 Å². The Labute approximate surface area is 164 Å². The van der Waals surface area contributed by atoms with Crippen LogP contribution >= 0.6 is 0 Å². The number of amides is 1. The van der Waals surface area contributed by atoms with Crippen LogP contribution in [-0.2, 0) is 0 Å². The molecule has 3 aromatic rings. The van der Waals surface area contributed by atoms with Crippen LogP contribution in [0.2, 0.25) is 0 Å². The van der Waals surface area contributed by atoms with Gasteiger partial charge in [0, 0.05) is 18.0 Å². The first-order chi connectivity index (χ1) is 13.5. The van der Waals surface area contributed by atoms with Gasteiger partial charge >= 0.3 is 0 Å². The van der Waals surface area contributed by atoms with Gasteiger partial charge in [-0.25, -0.2) is 0 Å². The minimum atomic E-state index is -0.278. The number of ether oxygens (including phenoxy) is 2. The third kappa shape index (κ3) is 4.59. The SMILES string of the molecule is COc1ccc(NC(=O)c2cncc(Nc3cc(C)cc(C)c3)c2)c(OC)c1. The summed E-state index contributed by atoms with van der Waals surface area (Å²) in [6, 6.07) is 13.2. The van der Waals surface area contributed by atoms with Crippen molar-refractivity contribution in [3.8, 4) is 11.5 Å². The summed E-state index contributed by atoms with van der Waals surface area (Å²) in [4.78, 5) is 16.9. The Kier molecular flexibility index (Phi) is 5.79. The molecule has 144 valence electrons. The summed E-state index contributed by atoms with van der Waals surface area (Å²) in [5.41, 5.74) is 5.01. The summed E-state index contributed by atoms with van der Waals surface area (Å²) in [5.74, 6) is 0.890. The van der Waals surface area contributed by atoms with Gasteiger partial charge < -0.3 is 20.1 Å². The van der Waals surface area contributed by atoms with Crippen molar-refractivity contribution in [2.75, 3.05) is 24.9 Å². The Bertz CT molecular complexity index is 982. The summed E-state index contributed by atoms with van der Waals surface area (Å²) >= 11 is 0. The number of nitrogens with one attached hydrogen (secondary N) is 2. The van der Waals surface area contributed by atoms with Crippen LogP contribution in [0, 0.1) is 13.8 Å². The van der Waals surface area contributed by atoms with Crippen LogP contribution in [0.1, 0.15) is 21.5 Å². The van der Waals surface area contributed by atoms with Crippen LogP contribution in [0.4, 0.5) is 17.1 Å². The topological polar surface area (TPSA) is 72.5 Å². The monoisotopic (exact) mass is 377 g/mol. The van der Waals surface area contributed by atoms with Gasteiger partial charge in [0.1, 0.15) is 11.5 Å². The van der Waals surface area contributed by atoms with E-state index in [0.29, 0.717) is 22.7 Å². The molecule has 0 bridgehead atoms. The van der Waals surface area contributed by atoms with Crippen LogP contribution in [0.5, 0.6) is 11.5 Å². The molecular formula is C22H23N3O3. The number of carbonyl (C=O) groups excluding carboxylic acids is 1. The summed E-state index contributed by atoms with van der Waals surface area (Å²) in [5, 5.41) is 6.15. The lowest BCUT2D eigenvalue weighted by Gasteiger charge is -2.12. The number of hydrogen-bond donors (Lipinski definition) is 2. The molecule has 1 heterocycles. The Hall–Kier alpha value is -3.54. The molecule has 0 saturated carbocycles. The summed E-state index contributed by atoms with van der Waals surface area (Å²) < 4.78 is 10.5. The number of pyridine rings is 1. The fourth-order valence-electron chi connectivity index (χ4n) is 2.94. The molecule has 6 heteroatoms. The maximum atomic E-state index is 12.7. The molecule has 0 aliphatic heterocycles. The lowest BCUT2D eigenvalue weighted by molar-refractivity contribution is 0.102. The highest BCUT2D eigenvalue weighted by Crippen LogP contribution is 2.29. The Morgan fingerprint density at radius 1 is 0.893 bits per heavy atom. The summed E-state index contributed by atoms with van der Waals surface area (Å²) in [6.07, 6.45) is 3.21. The maximum absolute atomic E-state index is 12.7. The number of nitrogens with zero attached hydrogens (tertiary/aromatic N) is 1. The van der Waals surface area contributed by atoms with Gasteiger partial charge in [-0.3, -0.25) is 9.78 Å². The van der Waals surface area contributed by atoms with Crippen LogP contribution in [-0.4, -0.2) is 25.1 Å². The number of methoxy groups -OCH3 is 2. The van der Waals surface area contributed by atoms with Crippen molar-refractivity contribution in [1.29, 1.82) is 0 Å². The Morgan fingerprint density at radius 2 is 1.64 bits per heavy atom. The second-order valence-electron chi connectivity index (χ2n) is 6.48. The van der Waals surface area contributed by atoms with E-state index in [1.165, 1.54) is 6.20 Å². The van der Waals surface area contributed by atoms with E-state index in [0.717, 1.165) is 22.5 Å². The molecule has 28 heavy (non-hydrogen) atoms. The number of aromatic nitrogens is 1. The van der Waals surface area contributed by atoms with Crippen LogP contribution in [0.3, 0.4) is 0 Å². The third-order valence-electron chi connectivity index (χ3n) is 4.17. The van der Waals surface area contributed by atoms with E-state index in [-0.39, 0.29) is 5.91 Å². The first-order valence-electron chi connectivity index (χ1n) is 8.82. The predicted octanol–water partition coefficient (Wildman–Crippen LogP) is 4.71. The highest BCUT2D eigenvalue weighted by Gasteiger charge is 2.12. The van der Waals surface area contributed by atoms with Crippen molar-refractivity contribution in [2.24, 2.45) is 0 Å². The second kappa shape index (κ2) is 8.43. The van der Waals surface area contributed by atoms with E-state index >= 15 is 0 Å². The van der Waals surface area contributed by atoms with Crippen molar-refractivity contribution in [2.45, 2.75) is 13.8 Å². The Balaban J connectivity index is 1.79. The van der Waals surface area contributed by atoms with Gasteiger partial charge in [0.05, 0.1) is 37.4 Å². The molecule has 0 aliphatic rings. The minimum Gasteiger partial charge on any atom is -0.497 e. The number of carbonyl (C=O) groups is 1. The molecule has 3 rings (SSSR count). The van der Waals surface area contributed by atoms with E-state index < -0.39 is 0 Å². The van der Waals surface area contributed by atoms with Crippen molar-refractivity contribution >= 4 is 23.0 Å². The molecule has 0 spiro atoms. The lowest BCUT2D eigenvalue weighted by Crippen LogP contribution is -2.13. The van der Waals surface area contributed by atoms with Crippen LogP contribution in [0.25, 0.3) is 0 Å². The number of aryl methyl sites for hydroxylation is 2. The molecule has 0 radical (unpaired) electrons. The second-order valence-corrected chi connectivity index (χ2v) is 6.48. The molecule has 1 aromatic heterocycles. The number of rotatable bonds is 6. The van der Waals surface area contributed by atoms with Crippen molar-refractivity contribution in [3.63, 3.8) is 0 Å². The normalized spacial score (nSPS) is 10.3. The van der Waals surface area contributed by atoms with Gasteiger partial charge in [0.15, 0.2) is 0 Å². The average molecular weight is 377 g/mol. The van der Waals surface area contributed by atoms with Gasteiger partial charge in [-0.05, 0) is 55.3 Å². The van der Waals surface area contributed by atoms with Gasteiger partial charge in [-0.1, -0.05) is 6.07 Å². The van der Waals surface area contributed by atoms with E-state index in [4.69, 9.17) is 9.47 Å². The number of benzene rings is 2. The summed E-state index contributed by atoms with van der Waals surface area (Å²) in [6.45, 7) is 4.09. The minimum absolute atomic E-state index is 0.278. The molecule has 2 aromatic carbocycles. The third-order valence-corrected chi connectivity index (χ3v) is 4.17. The van der Waals surface area contributed by atoms with E-state index in [2.05, 4.69) is 21.7 Å². The zero-order valence-corrected chi connectivity index (χ0v) is 16.4. The first-order valence-corrected chi connectivity index (χ1v) is 8.82. The zero-order valence-electron chi connectivity index (χ0n) is 16.4. The van der Waals surface area contributed by atoms with Gasteiger partial charge in [-0.15, -0.1) is 0 Å². The van der Waals surface area contributed by atoms with Gasteiger partial charge in [-0.2, -0.15) is 0 Å². The lowest BCUT2D eigenvalue weighted by atomic mass is 10.1. The maximum Gasteiger partial charge on any atom is 0.257 e. The predicted molar refractivity (Wildman–Crippen MR) is 111 cm³/mol. The molecule has 0 fully saturated rings. The molecule has 1 amide bonds. The van der Waals surface area contributed by atoms with Crippen LogP contribution < -0.4 is 20.1 Å². The molecule has 2 N–H and O–H groups in total. The average Bonchev–Trinajstić information content (AvgIpc) is 2.67. The molecule has 0 unspecified atom stereocenters. The Morgan fingerprint density at radius 3 is 2.32 bits per heavy atom. The first kappa shape index (κ1) is 19.2. The summed E-state index contributed by atoms with van der Waals surface area (Å²) in [7, 11) is 3.12. The van der Waals surface area contributed by atoms with Crippen molar-refractivity contribution < 1.29 is 14.3 Å². The molecular weight excluding hydrogens is 354 g/mol. The van der Waals surface area contributed by atoms with Gasteiger partial charge in [0.25, 0.3) is 5.91 Å². The van der Waals surface area contributed by atoms with E-state index in [1.54, 1.807) is 44.7 Å². The van der Waals surface area contributed by atoms with Crippen molar-refractivity contribution in [3.05, 3.63) is 71.5 Å². The van der Waals surface area contributed by atoms with Gasteiger partial charge in [0.2, 0.25) is 0 Å². The fraction of sp³-hybridized carbons (Fsp3) is 0.182. The molecule has 0 saturated heterocycles. The molecule has 6 nitrogen and oxygen atoms in total. The van der Waals surface area contributed by atoms with Crippen LogP contribution in [0.15, 0.2) is 54.9 Å². The van der Waals surface area contributed by atoms with Crippen molar-refractivity contribution in [1.82, 2.24) is 4.98 Å². The zero-order chi connectivity index (χ0) is 20.1. The van der Waals surface area contributed by atoms with E-state index in [9.17, 15) is 4.79 Å². The quantitative estimate of drug-likeness (QED) is 0.651. The smallest absolute Gasteiger partial charge is 0.257 e. The molecule has 0 atom stereocenters. The highest BCUT2D eigenvalue weighted by atomic mass is 16.5. The number of hydrogen-bond acceptors (Lipinski definition) is 5.